The quantitative estimate of drug-likeness (QED) is 0.109. The Balaban J connectivity index is 1.19. The van der Waals surface area contributed by atoms with E-state index in [-0.39, 0.29) is 148 Å². The first-order valence-electron chi connectivity index (χ1n) is 39.3. The average molecular weight is 1560 g/mol. The highest BCUT2D eigenvalue weighted by Crippen LogP contribution is 2.45. The van der Waals surface area contributed by atoms with Crippen LogP contribution in [-0.4, -0.2) is 281 Å². The van der Waals surface area contributed by atoms with E-state index in [0.29, 0.717) is 51.4 Å². The predicted molar refractivity (Wildman–Crippen MR) is 388 cm³/mol. The number of nitrogens with one attached hydrogen (secondary N) is 3. The number of halogens is 7. The Morgan fingerprint density at radius 1 is 0.611 bits per heavy atom. The number of carbonyl (C=O) groups is 12. The van der Waals surface area contributed by atoms with E-state index >= 15 is 43.2 Å². The summed E-state index contributed by atoms with van der Waals surface area (Å²) >= 11 is 6.42. The highest BCUT2D eigenvalue weighted by atomic mass is 35.5. The lowest BCUT2D eigenvalue weighted by atomic mass is 9.78. The Hall–Kier alpha value is -6.79. The summed E-state index contributed by atoms with van der Waals surface area (Å²) in [6.07, 6.45) is -2.37. The zero-order valence-electron chi connectivity index (χ0n) is 64.7. The zero-order chi connectivity index (χ0) is 79.4. The van der Waals surface area contributed by atoms with Crippen molar-refractivity contribution in [2.24, 2.45) is 41.4 Å². The maximum absolute atomic E-state index is 15.8. The van der Waals surface area contributed by atoms with Crippen molar-refractivity contribution < 1.29 is 88.6 Å². The molecule has 2 bridgehead atoms. The number of ether oxygens (including phenoxy) is 1. The van der Waals surface area contributed by atoms with Gasteiger partial charge >= 0.3 is 12.4 Å². The number of fused-ring (bicyclic) bond motifs is 3. The van der Waals surface area contributed by atoms with Gasteiger partial charge < -0.3 is 64.8 Å². The fourth-order valence-electron chi connectivity index (χ4n) is 17.7. The Morgan fingerprint density at radius 2 is 1.25 bits per heavy atom. The molecule has 608 valence electrons. The van der Waals surface area contributed by atoms with Crippen molar-refractivity contribution in [2.75, 3.05) is 94.8 Å². The third-order valence-electron chi connectivity index (χ3n) is 24.7. The van der Waals surface area contributed by atoms with E-state index < -0.39 is 198 Å². The first-order valence-corrected chi connectivity index (χ1v) is 39.7. The molecule has 0 aromatic heterocycles. The molecule has 1 spiro atoms. The van der Waals surface area contributed by atoms with Crippen molar-refractivity contribution in [3.05, 3.63) is 12.2 Å². The molecule has 3 unspecified atom stereocenters. The number of likely N-dealkylation sites (N-methyl/N-ethyl adjacent to an activating group) is 6. The molecule has 7 fully saturated rings. The second kappa shape index (κ2) is 38.0. The Bertz CT molecular complexity index is 3230. The molecule has 25 nitrogen and oxygen atoms in total. The van der Waals surface area contributed by atoms with E-state index in [1.165, 1.54) is 71.7 Å². The lowest BCUT2D eigenvalue weighted by Gasteiger charge is -2.42. The molecule has 3 N–H and O–H groups in total. The average Bonchev–Trinajstić information content (AvgIpc) is 1.52. The molecular weight excluding hydrogens is 1440 g/mol. The number of rotatable bonds is 11. The van der Waals surface area contributed by atoms with Crippen LogP contribution in [0.1, 0.15) is 188 Å². The molecule has 4 saturated carbocycles. The van der Waals surface area contributed by atoms with Crippen LogP contribution in [-0.2, 0) is 62.3 Å². The van der Waals surface area contributed by atoms with Gasteiger partial charge in [-0.3, -0.25) is 57.5 Å². The second-order valence-electron chi connectivity index (χ2n) is 32.5. The van der Waals surface area contributed by atoms with Gasteiger partial charge in [0, 0.05) is 73.8 Å². The van der Waals surface area contributed by atoms with E-state index in [2.05, 4.69) is 16.0 Å². The minimum absolute atomic E-state index is 0.00268. The number of nitrogens with zero attached hydrogens (tertiary/aromatic N) is 9. The van der Waals surface area contributed by atoms with Gasteiger partial charge in [0.25, 0.3) is 0 Å². The first-order chi connectivity index (χ1) is 50.9. The third-order valence-corrected chi connectivity index (χ3v) is 25.1. The number of amides is 12. The van der Waals surface area contributed by atoms with Crippen LogP contribution in [0.5, 0.6) is 0 Å². The molecule has 0 aromatic carbocycles. The number of carbonyl (C=O) groups excluding carboxylic acids is 12. The van der Waals surface area contributed by atoms with Crippen LogP contribution >= 0.6 is 11.6 Å². The van der Waals surface area contributed by atoms with E-state index in [1.54, 1.807) is 26.0 Å². The van der Waals surface area contributed by atoms with Crippen LogP contribution in [0.25, 0.3) is 0 Å². The van der Waals surface area contributed by atoms with Gasteiger partial charge in [-0.1, -0.05) is 72.0 Å². The number of hydrogen-bond donors (Lipinski definition) is 3. The normalized spacial score (nSPS) is 31.6. The molecule has 12 amide bonds. The zero-order valence-corrected chi connectivity index (χ0v) is 65.5. The molecule has 8 rings (SSSR count). The fraction of sp³-hybridized carbons (Fsp3) is 0.816. The van der Waals surface area contributed by atoms with Gasteiger partial charge in [0.05, 0.1) is 44.6 Å². The monoisotopic (exact) mass is 1550 g/mol. The fourth-order valence-corrected chi connectivity index (χ4v) is 18.3. The molecule has 4 aliphatic heterocycles. The van der Waals surface area contributed by atoms with Crippen LogP contribution in [0.3, 0.4) is 0 Å². The van der Waals surface area contributed by atoms with Crippen LogP contribution in [0, 0.1) is 41.4 Å². The summed E-state index contributed by atoms with van der Waals surface area (Å²) in [6.45, 7) is 6.34. The highest BCUT2D eigenvalue weighted by Gasteiger charge is 2.53. The second-order valence-corrected chi connectivity index (χ2v) is 33.1. The van der Waals surface area contributed by atoms with Gasteiger partial charge in [0.1, 0.15) is 53.9 Å². The van der Waals surface area contributed by atoms with Crippen LogP contribution in [0.15, 0.2) is 12.2 Å². The number of morpholine rings is 1. The SMILES string of the molecule is CC[C@H](C)[C@@H]1NC(=O)[C@H](CC(C)C)N(C)C(=O)C[C@@H](C(=O)N2CCOCC2)N(C)C(=O)[C@H](C2CCCC2)N(C)C(=O)C2(CCCC2)NC(=O)[C@@H]2CCCN2C(=O)[C@H](CCC2CCC(C(F)(F)F)C(Cl)C2)NC(=O)CN(C)C(=O)[C@H](CC2CCC(C(F)(F)F)CC2)N2CC/C=C\C[C@@H](C2=O)N(C)C(=O)CN(C)C1=O. The van der Waals surface area contributed by atoms with Crippen LogP contribution in [0.4, 0.5) is 26.3 Å². The summed E-state index contributed by atoms with van der Waals surface area (Å²) in [6, 6.07) is -10.6. The maximum atomic E-state index is 15.8. The van der Waals surface area contributed by atoms with E-state index in [0.717, 1.165) is 14.7 Å². The van der Waals surface area contributed by atoms with Gasteiger partial charge in [-0.2, -0.15) is 26.3 Å². The third kappa shape index (κ3) is 21.2. The van der Waals surface area contributed by atoms with Crippen LogP contribution < -0.4 is 16.0 Å². The predicted octanol–water partition coefficient (Wildman–Crippen LogP) is 6.82. The molecule has 0 radical (unpaired) electrons. The molecule has 32 heteroatoms. The minimum atomic E-state index is -4.56. The smallest absolute Gasteiger partial charge is 0.378 e. The Morgan fingerprint density at radius 3 is 1.86 bits per heavy atom. The molecule has 3 saturated heterocycles. The topological polar surface area (TPSA) is 279 Å². The summed E-state index contributed by atoms with van der Waals surface area (Å²) in [5.41, 5.74) is -1.61. The minimum Gasteiger partial charge on any atom is -0.378 e. The van der Waals surface area contributed by atoms with E-state index in [1.807, 2.05) is 13.8 Å². The largest absolute Gasteiger partial charge is 0.393 e. The van der Waals surface area contributed by atoms with Crippen molar-refractivity contribution >= 4 is 82.5 Å². The van der Waals surface area contributed by atoms with Crippen molar-refractivity contribution in [2.45, 2.75) is 260 Å². The lowest BCUT2D eigenvalue weighted by molar-refractivity contribution is -0.184. The van der Waals surface area contributed by atoms with Crippen molar-refractivity contribution in [1.29, 1.82) is 0 Å². The molecular formula is C76H117ClF6N12O13. The van der Waals surface area contributed by atoms with Gasteiger partial charge in [0.2, 0.25) is 70.9 Å². The summed E-state index contributed by atoms with van der Waals surface area (Å²) in [4.78, 5) is 194. The number of alkyl halides is 7. The van der Waals surface area contributed by atoms with Crippen molar-refractivity contribution in [3.8, 4) is 0 Å². The summed E-state index contributed by atoms with van der Waals surface area (Å²) < 4.78 is 90.3. The van der Waals surface area contributed by atoms with Gasteiger partial charge in [0.15, 0.2) is 0 Å². The van der Waals surface area contributed by atoms with Gasteiger partial charge in [-0.05, 0) is 152 Å². The highest BCUT2D eigenvalue weighted by molar-refractivity contribution is 6.21. The van der Waals surface area contributed by atoms with Crippen LogP contribution in [0.2, 0.25) is 0 Å². The van der Waals surface area contributed by atoms with Gasteiger partial charge in [-0.25, -0.2) is 0 Å². The van der Waals surface area contributed by atoms with E-state index in [9.17, 15) is 40.7 Å². The van der Waals surface area contributed by atoms with Crippen molar-refractivity contribution in [3.63, 3.8) is 0 Å². The Labute approximate surface area is 636 Å². The maximum Gasteiger partial charge on any atom is 0.393 e. The standard InChI is InChI=1S/C76H117ClF6N12O13/c1-11-47(4)63-71(105)88(6)45-62(98)89(7)56-22-13-12-18-34-95(70(56)104)59(42-49-24-28-51(29-25-49)75(78,79)80)68(102)87(5)44-60(96)84-54(31-27-48-26-30-52(53(77)41-48)76(81,82)83)67(101)94-35-19-23-55(94)66(100)86-74(32-16-17-33-74)73(107)92(10)64(50-20-14-15-21-50)72(106)91(9)58(69(103)93-36-38-108-39-37-93)43-61(97)90(8)57(40-46(2)3)65(99)85-63/h12-13,46-59,63-64H,11,14-45H2,1-10H3,(H,84,96)(H,85,99)(H,86,100)/b13-12-/t47-,48?,49?,51?,52?,53?,54-,55-,56-,57-,58-,59-,63-,64-/m0/s1. The summed E-state index contributed by atoms with van der Waals surface area (Å²) in [5.74, 6) is -14.0. The molecule has 8 aliphatic rings. The molecule has 108 heavy (non-hydrogen) atoms. The number of hydrogen-bond acceptors (Lipinski definition) is 13. The first kappa shape index (κ1) is 86.8. The van der Waals surface area contributed by atoms with Crippen molar-refractivity contribution in [1.82, 2.24) is 60.0 Å². The molecule has 0 aromatic rings. The Kier molecular flexibility index (Phi) is 30.5. The summed E-state index contributed by atoms with van der Waals surface area (Å²) in [5, 5.41) is 7.45. The lowest BCUT2D eigenvalue weighted by Crippen LogP contribution is -2.65. The molecule has 12 atom stereocenters. The summed E-state index contributed by atoms with van der Waals surface area (Å²) in [7, 11) is 8.30. The molecule has 4 heterocycles. The molecule has 4 aliphatic carbocycles. The van der Waals surface area contributed by atoms with E-state index in [4.69, 9.17) is 16.3 Å². The van der Waals surface area contributed by atoms with Gasteiger partial charge in [-0.15, -0.1) is 11.6 Å².